The monoisotopic (exact) mass is 231 g/mol. The molecule has 0 aromatic heterocycles. The van der Waals surface area contributed by atoms with E-state index in [2.05, 4.69) is 19.2 Å². The second kappa shape index (κ2) is 5.35. The van der Waals surface area contributed by atoms with Crippen molar-refractivity contribution in [3.05, 3.63) is 30.3 Å². The predicted octanol–water partition coefficient (Wildman–Crippen LogP) is 3.70. The lowest BCUT2D eigenvalue weighted by Crippen LogP contribution is -2.37. The molecule has 1 saturated carbocycles. The summed E-state index contributed by atoms with van der Waals surface area (Å²) in [4.78, 5) is 11.9. The average molecular weight is 231 g/mol. The standard InChI is InChI=1S/C15H21NO/c1-3-11(2)12-9-13(10-12)15(17)16-14-7-5-4-6-8-14/h4-8,11-13H,3,9-10H2,1-2H3,(H,16,17). The number of benzene rings is 1. The van der Waals surface area contributed by atoms with Crippen molar-refractivity contribution in [1.29, 1.82) is 0 Å². The highest BCUT2D eigenvalue weighted by atomic mass is 16.1. The third-order valence-electron chi connectivity index (χ3n) is 4.04. The molecule has 1 amide bonds. The fourth-order valence-electron chi connectivity index (χ4n) is 2.44. The molecule has 0 aliphatic heterocycles. The predicted molar refractivity (Wildman–Crippen MR) is 70.7 cm³/mol. The van der Waals surface area contributed by atoms with E-state index >= 15 is 0 Å². The molecule has 1 aliphatic rings. The zero-order valence-electron chi connectivity index (χ0n) is 10.6. The number of rotatable bonds is 4. The van der Waals surface area contributed by atoms with Gasteiger partial charge >= 0.3 is 0 Å². The fourth-order valence-corrected chi connectivity index (χ4v) is 2.44. The van der Waals surface area contributed by atoms with Gasteiger partial charge in [-0.05, 0) is 36.8 Å². The fraction of sp³-hybridized carbons (Fsp3) is 0.533. The van der Waals surface area contributed by atoms with E-state index in [9.17, 15) is 4.79 Å². The normalized spacial score (nSPS) is 24.8. The van der Waals surface area contributed by atoms with E-state index in [0.29, 0.717) is 0 Å². The van der Waals surface area contributed by atoms with E-state index < -0.39 is 0 Å². The van der Waals surface area contributed by atoms with E-state index in [1.807, 2.05) is 30.3 Å². The number of carbonyl (C=O) groups excluding carboxylic acids is 1. The first kappa shape index (κ1) is 12.2. The van der Waals surface area contributed by atoms with Crippen LogP contribution in [0.3, 0.4) is 0 Å². The summed E-state index contributed by atoms with van der Waals surface area (Å²) in [6.45, 7) is 4.51. The van der Waals surface area contributed by atoms with E-state index in [4.69, 9.17) is 0 Å². The minimum Gasteiger partial charge on any atom is -0.326 e. The summed E-state index contributed by atoms with van der Waals surface area (Å²) in [5.41, 5.74) is 0.907. The summed E-state index contributed by atoms with van der Waals surface area (Å²) in [7, 11) is 0. The number of amides is 1. The van der Waals surface area contributed by atoms with Crippen LogP contribution in [0.15, 0.2) is 30.3 Å². The Kier molecular flexibility index (Phi) is 3.82. The Morgan fingerprint density at radius 2 is 2.00 bits per heavy atom. The molecule has 2 nitrogen and oxygen atoms in total. The van der Waals surface area contributed by atoms with Gasteiger partial charge in [0, 0.05) is 11.6 Å². The molecule has 0 spiro atoms. The van der Waals surface area contributed by atoms with Gasteiger partial charge < -0.3 is 5.32 Å². The van der Waals surface area contributed by atoms with Crippen LogP contribution in [0.2, 0.25) is 0 Å². The smallest absolute Gasteiger partial charge is 0.227 e. The second-order valence-electron chi connectivity index (χ2n) is 5.17. The highest BCUT2D eigenvalue weighted by Crippen LogP contribution is 2.40. The van der Waals surface area contributed by atoms with Crippen molar-refractivity contribution in [3.63, 3.8) is 0 Å². The lowest BCUT2D eigenvalue weighted by atomic mass is 9.68. The van der Waals surface area contributed by atoms with Crippen LogP contribution in [0, 0.1) is 17.8 Å². The Morgan fingerprint density at radius 1 is 1.35 bits per heavy atom. The SMILES string of the molecule is CCC(C)C1CC(C(=O)Nc2ccccc2)C1. The molecule has 1 N–H and O–H groups in total. The number of anilines is 1. The summed E-state index contributed by atoms with van der Waals surface area (Å²) in [6, 6.07) is 9.71. The summed E-state index contributed by atoms with van der Waals surface area (Å²) in [6.07, 6.45) is 3.35. The van der Waals surface area contributed by atoms with Crippen molar-refractivity contribution >= 4 is 11.6 Å². The Bertz CT molecular complexity index is 368. The van der Waals surface area contributed by atoms with Crippen LogP contribution in [-0.2, 0) is 4.79 Å². The number of para-hydroxylation sites is 1. The minimum absolute atomic E-state index is 0.191. The van der Waals surface area contributed by atoms with Crippen LogP contribution in [0.4, 0.5) is 5.69 Å². The molecule has 0 saturated heterocycles. The van der Waals surface area contributed by atoms with Crippen molar-refractivity contribution in [2.45, 2.75) is 33.1 Å². The molecule has 1 aromatic rings. The van der Waals surface area contributed by atoms with Gasteiger partial charge in [0.1, 0.15) is 0 Å². The first-order valence-corrected chi connectivity index (χ1v) is 6.56. The van der Waals surface area contributed by atoms with Crippen LogP contribution in [0.25, 0.3) is 0 Å². The third kappa shape index (κ3) is 2.87. The van der Waals surface area contributed by atoms with Gasteiger partial charge in [0.15, 0.2) is 0 Å². The van der Waals surface area contributed by atoms with Crippen molar-refractivity contribution in [1.82, 2.24) is 0 Å². The number of hydrogen-bond acceptors (Lipinski definition) is 1. The average Bonchev–Trinajstić information content (AvgIpc) is 2.28. The maximum absolute atomic E-state index is 11.9. The molecule has 1 aliphatic carbocycles. The van der Waals surface area contributed by atoms with Gasteiger partial charge in [0.25, 0.3) is 0 Å². The minimum atomic E-state index is 0.191. The lowest BCUT2D eigenvalue weighted by molar-refractivity contribution is -0.124. The highest BCUT2D eigenvalue weighted by molar-refractivity contribution is 5.93. The van der Waals surface area contributed by atoms with Crippen LogP contribution in [0.5, 0.6) is 0 Å². The maximum Gasteiger partial charge on any atom is 0.227 e. The molecular weight excluding hydrogens is 210 g/mol. The Labute approximate surface area is 103 Å². The quantitative estimate of drug-likeness (QED) is 0.841. The first-order chi connectivity index (χ1) is 8.20. The van der Waals surface area contributed by atoms with Gasteiger partial charge in [-0.3, -0.25) is 4.79 Å². The molecular formula is C15H21NO. The van der Waals surface area contributed by atoms with Gasteiger partial charge in [0.2, 0.25) is 5.91 Å². The Morgan fingerprint density at radius 3 is 2.59 bits per heavy atom. The van der Waals surface area contributed by atoms with E-state index in [1.54, 1.807) is 0 Å². The van der Waals surface area contributed by atoms with Gasteiger partial charge in [0.05, 0.1) is 0 Å². The summed E-state index contributed by atoms with van der Waals surface area (Å²) >= 11 is 0. The molecule has 2 rings (SSSR count). The third-order valence-corrected chi connectivity index (χ3v) is 4.04. The molecule has 0 heterocycles. The molecule has 1 fully saturated rings. The van der Waals surface area contributed by atoms with E-state index in [-0.39, 0.29) is 11.8 Å². The molecule has 17 heavy (non-hydrogen) atoms. The molecule has 1 aromatic carbocycles. The summed E-state index contributed by atoms with van der Waals surface area (Å²) in [5.74, 6) is 1.94. The summed E-state index contributed by atoms with van der Waals surface area (Å²) in [5, 5.41) is 2.98. The van der Waals surface area contributed by atoms with Gasteiger partial charge in [-0.2, -0.15) is 0 Å². The molecule has 0 radical (unpaired) electrons. The maximum atomic E-state index is 11.9. The highest BCUT2D eigenvalue weighted by Gasteiger charge is 2.36. The largest absolute Gasteiger partial charge is 0.326 e. The van der Waals surface area contributed by atoms with Gasteiger partial charge in [-0.1, -0.05) is 38.5 Å². The topological polar surface area (TPSA) is 29.1 Å². The van der Waals surface area contributed by atoms with Gasteiger partial charge in [-0.25, -0.2) is 0 Å². The molecule has 0 bridgehead atoms. The molecule has 1 unspecified atom stereocenters. The zero-order valence-corrected chi connectivity index (χ0v) is 10.6. The van der Waals surface area contributed by atoms with Crippen molar-refractivity contribution in [2.75, 3.05) is 5.32 Å². The molecule has 92 valence electrons. The Hall–Kier alpha value is -1.31. The van der Waals surface area contributed by atoms with Crippen LogP contribution in [-0.4, -0.2) is 5.91 Å². The second-order valence-corrected chi connectivity index (χ2v) is 5.17. The summed E-state index contributed by atoms with van der Waals surface area (Å²) < 4.78 is 0. The van der Waals surface area contributed by atoms with Crippen molar-refractivity contribution in [3.8, 4) is 0 Å². The molecule has 2 heteroatoms. The molecule has 1 atom stereocenters. The Balaban J connectivity index is 1.80. The number of hydrogen-bond donors (Lipinski definition) is 1. The van der Waals surface area contributed by atoms with Gasteiger partial charge in [-0.15, -0.1) is 0 Å². The number of carbonyl (C=O) groups is 1. The first-order valence-electron chi connectivity index (χ1n) is 6.56. The van der Waals surface area contributed by atoms with E-state index in [0.717, 1.165) is 30.4 Å². The van der Waals surface area contributed by atoms with Crippen molar-refractivity contribution < 1.29 is 4.79 Å². The van der Waals surface area contributed by atoms with Crippen LogP contribution >= 0.6 is 0 Å². The zero-order chi connectivity index (χ0) is 12.3. The lowest BCUT2D eigenvalue weighted by Gasteiger charge is -2.38. The van der Waals surface area contributed by atoms with Crippen molar-refractivity contribution in [2.24, 2.45) is 17.8 Å². The van der Waals surface area contributed by atoms with E-state index in [1.165, 1.54) is 6.42 Å². The van der Waals surface area contributed by atoms with Crippen LogP contribution < -0.4 is 5.32 Å². The number of nitrogens with one attached hydrogen (secondary N) is 1. The van der Waals surface area contributed by atoms with Crippen LogP contribution in [0.1, 0.15) is 33.1 Å².